The van der Waals surface area contributed by atoms with Gasteiger partial charge in [-0.05, 0) is 43.9 Å². The fraction of sp³-hybridized carbons (Fsp3) is 0.481. The number of rotatable bonds is 10. The summed E-state index contributed by atoms with van der Waals surface area (Å²) in [6, 6.07) is 5.85. The summed E-state index contributed by atoms with van der Waals surface area (Å²) in [5, 5.41) is 10.4. The molecule has 2 fully saturated rings. The van der Waals surface area contributed by atoms with Crippen molar-refractivity contribution >= 4 is 58.4 Å². The number of aromatic nitrogens is 1. The fourth-order valence-electron chi connectivity index (χ4n) is 4.79. The molecule has 204 valence electrons. The van der Waals surface area contributed by atoms with Crippen LogP contribution < -0.4 is 16.0 Å². The third-order valence-electron chi connectivity index (χ3n) is 6.71. The number of esters is 1. The van der Waals surface area contributed by atoms with Crippen LogP contribution in [0.4, 0.5) is 5.69 Å². The van der Waals surface area contributed by atoms with E-state index in [4.69, 9.17) is 27.9 Å². The van der Waals surface area contributed by atoms with Crippen molar-refractivity contribution in [3.63, 3.8) is 0 Å². The molecule has 2 aliphatic rings. The van der Waals surface area contributed by atoms with Crippen molar-refractivity contribution in [1.82, 2.24) is 15.6 Å². The standard InChI is InChI=1S/C27H32Cl2N4O4S/c1-2-37-27(36)23(33-25(34)22-12-19(13-31-22)38-18-5-3-4-6-18)11-16-7-9-17(10-8-16)32-26(35)24-20(28)14-30-15-21(24)29/h7-10,14-15,18-19,22-23,31H,2-6,11-13H2,1H3,(H,32,35)(H,33,34)/t19?,22-,23?/m0/s1. The molecule has 1 saturated carbocycles. The lowest BCUT2D eigenvalue weighted by molar-refractivity contribution is -0.147. The van der Waals surface area contributed by atoms with Crippen LogP contribution in [-0.2, 0) is 20.7 Å². The van der Waals surface area contributed by atoms with E-state index >= 15 is 0 Å². The highest BCUT2D eigenvalue weighted by Crippen LogP contribution is 2.35. The minimum atomic E-state index is -0.819. The molecular weight excluding hydrogens is 547 g/mol. The van der Waals surface area contributed by atoms with Crippen molar-refractivity contribution in [2.75, 3.05) is 18.5 Å². The number of nitrogens with zero attached hydrogens (tertiary/aromatic N) is 1. The van der Waals surface area contributed by atoms with E-state index in [0.29, 0.717) is 16.2 Å². The third-order valence-corrected chi connectivity index (χ3v) is 8.89. The summed E-state index contributed by atoms with van der Waals surface area (Å²) in [5.41, 5.74) is 1.47. The molecule has 4 rings (SSSR count). The molecular formula is C27H32Cl2N4O4S. The summed E-state index contributed by atoms with van der Waals surface area (Å²) in [5.74, 6) is -1.12. The van der Waals surface area contributed by atoms with Crippen LogP contribution in [0.1, 0.15) is 54.9 Å². The molecule has 38 heavy (non-hydrogen) atoms. The number of hydrogen-bond donors (Lipinski definition) is 3. The van der Waals surface area contributed by atoms with Crippen molar-refractivity contribution in [2.45, 2.75) is 68.0 Å². The number of carbonyl (C=O) groups excluding carboxylic acids is 3. The Balaban J connectivity index is 1.35. The lowest BCUT2D eigenvalue weighted by Crippen LogP contribution is -2.49. The largest absolute Gasteiger partial charge is 0.464 e. The normalized spacial score (nSPS) is 20.2. The SMILES string of the molecule is CCOC(=O)C(Cc1ccc(NC(=O)c2c(Cl)cncc2Cl)cc1)NC(=O)[C@@H]1CC(SC2CCCC2)CN1. The number of halogens is 2. The zero-order valence-corrected chi connectivity index (χ0v) is 23.5. The van der Waals surface area contributed by atoms with Gasteiger partial charge in [0.1, 0.15) is 6.04 Å². The highest BCUT2D eigenvalue weighted by atomic mass is 35.5. The van der Waals surface area contributed by atoms with E-state index in [1.807, 2.05) is 11.8 Å². The van der Waals surface area contributed by atoms with Gasteiger partial charge in [0, 0.05) is 41.5 Å². The first-order valence-corrected chi connectivity index (χ1v) is 14.6. The van der Waals surface area contributed by atoms with Crippen molar-refractivity contribution in [3.8, 4) is 0 Å². The molecule has 3 atom stereocenters. The van der Waals surface area contributed by atoms with Crippen LogP contribution in [0.5, 0.6) is 0 Å². The molecule has 1 aliphatic heterocycles. The summed E-state index contributed by atoms with van der Waals surface area (Å²) in [7, 11) is 0. The quantitative estimate of drug-likeness (QED) is 0.352. The minimum Gasteiger partial charge on any atom is -0.464 e. The minimum absolute atomic E-state index is 0.141. The molecule has 0 bridgehead atoms. The van der Waals surface area contributed by atoms with Crippen LogP contribution in [0.3, 0.4) is 0 Å². The summed E-state index contributed by atoms with van der Waals surface area (Å²) < 4.78 is 5.23. The van der Waals surface area contributed by atoms with Gasteiger partial charge in [0.2, 0.25) is 5.91 Å². The Morgan fingerprint density at radius 1 is 1.11 bits per heavy atom. The maximum atomic E-state index is 13.0. The third kappa shape index (κ3) is 7.62. The van der Waals surface area contributed by atoms with Crippen molar-refractivity contribution in [2.24, 2.45) is 0 Å². The van der Waals surface area contributed by atoms with E-state index in [1.54, 1.807) is 31.2 Å². The van der Waals surface area contributed by atoms with Gasteiger partial charge in [0.05, 0.1) is 28.3 Å². The van der Waals surface area contributed by atoms with Gasteiger partial charge in [-0.1, -0.05) is 48.2 Å². The number of carbonyl (C=O) groups is 3. The molecule has 2 unspecified atom stereocenters. The maximum absolute atomic E-state index is 13.0. The molecule has 1 aliphatic carbocycles. The van der Waals surface area contributed by atoms with Gasteiger partial charge >= 0.3 is 5.97 Å². The molecule has 2 amide bonds. The van der Waals surface area contributed by atoms with E-state index in [-0.39, 0.29) is 40.6 Å². The summed E-state index contributed by atoms with van der Waals surface area (Å²) in [6.45, 7) is 2.75. The van der Waals surface area contributed by atoms with Crippen LogP contribution >= 0.6 is 35.0 Å². The highest BCUT2D eigenvalue weighted by molar-refractivity contribution is 8.00. The predicted octanol–water partition coefficient (Wildman–Crippen LogP) is 4.64. The Hall–Kier alpha value is -2.33. The van der Waals surface area contributed by atoms with Gasteiger partial charge in [0.25, 0.3) is 5.91 Å². The number of amides is 2. The molecule has 1 aromatic carbocycles. The predicted molar refractivity (Wildman–Crippen MR) is 151 cm³/mol. The molecule has 1 saturated heterocycles. The number of anilines is 1. The Kier molecular flexibility index (Phi) is 10.3. The Bertz CT molecular complexity index is 1120. The number of pyridine rings is 1. The monoisotopic (exact) mass is 578 g/mol. The van der Waals surface area contributed by atoms with Gasteiger partial charge < -0.3 is 20.7 Å². The zero-order chi connectivity index (χ0) is 27.1. The van der Waals surface area contributed by atoms with Gasteiger partial charge in [-0.3, -0.25) is 14.6 Å². The second kappa shape index (κ2) is 13.6. The maximum Gasteiger partial charge on any atom is 0.328 e. The van der Waals surface area contributed by atoms with Gasteiger partial charge in [-0.25, -0.2) is 4.79 Å². The van der Waals surface area contributed by atoms with Crippen molar-refractivity contribution < 1.29 is 19.1 Å². The fourth-order valence-corrected chi connectivity index (χ4v) is 6.98. The molecule has 0 radical (unpaired) electrons. The number of thioether (sulfide) groups is 1. The number of hydrogen-bond acceptors (Lipinski definition) is 7. The Labute approximate surface area is 237 Å². The van der Waals surface area contributed by atoms with Crippen LogP contribution in [-0.4, -0.2) is 58.5 Å². The molecule has 1 aromatic heterocycles. The average molecular weight is 580 g/mol. The Morgan fingerprint density at radius 2 is 1.79 bits per heavy atom. The second-order valence-electron chi connectivity index (χ2n) is 9.51. The van der Waals surface area contributed by atoms with Crippen LogP contribution in [0, 0.1) is 0 Å². The number of nitrogens with one attached hydrogen (secondary N) is 3. The molecule has 2 heterocycles. The van der Waals surface area contributed by atoms with E-state index in [9.17, 15) is 14.4 Å². The first-order valence-electron chi connectivity index (χ1n) is 12.9. The average Bonchev–Trinajstić information content (AvgIpc) is 3.57. The zero-order valence-electron chi connectivity index (χ0n) is 21.2. The summed E-state index contributed by atoms with van der Waals surface area (Å²) in [4.78, 5) is 42.2. The number of benzene rings is 1. The second-order valence-corrected chi connectivity index (χ2v) is 11.9. The van der Waals surface area contributed by atoms with E-state index in [1.165, 1.54) is 38.1 Å². The van der Waals surface area contributed by atoms with Crippen molar-refractivity contribution in [3.05, 3.63) is 57.8 Å². The van der Waals surface area contributed by atoms with Gasteiger partial charge in [-0.15, -0.1) is 0 Å². The molecule has 11 heteroatoms. The summed E-state index contributed by atoms with van der Waals surface area (Å²) >= 11 is 14.1. The lowest BCUT2D eigenvalue weighted by Gasteiger charge is -2.20. The molecule has 0 spiro atoms. The molecule has 3 N–H and O–H groups in total. The highest BCUT2D eigenvalue weighted by Gasteiger charge is 2.34. The van der Waals surface area contributed by atoms with Gasteiger partial charge in [0.15, 0.2) is 0 Å². The lowest BCUT2D eigenvalue weighted by atomic mass is 10.0. The van der Waals surface area contributed by atoms with Gasteiger partial charge in [-0.2, -0.15) is 11.8 Å². The van der Waals surface area contributed by atoms with Crippen LogP contribution in [0.15, 0.2) is 36.7 Å². The topological polar surface area (TPSA) is 109 Å². The first-order chi connectivity index (χ1) is 18.3. The van der Waals surface area contributed by atoms with E-state index in [0.717, 1.165) is 18.5 Å². The molecule has 8 nitrogen and oxygen atoms in total. The van der Waals surface area contributed by atoms with Crippen molar-refractivity contribution in [1.29, 1.82) is 0 Å². The molecule has 2 aromatic rings. The number of ether oxygens (including phenoxy) is 1. The Morgan fingerprint density at radius 3 is 2.45 bits per heavy atom. The van der Waals surface area contributed by atoms with E-state index in [2.05, 4.69) is 20.9 Å². The van der Waals surface area contributed by atoms with E-state index < -0.39 is 17.9 Å². The first kappa shape index (κ1) is 28.7. The van der Waals surface area contributed by atoms with Crippen LogP contribution in [0.2, 0.25) is 10.0 Å². The smallest absolute Gasteiger partial charge is 0.328 e. The summed E-state index contributed by atoms with van der Waals surface area (Å²) in [6.07, 6.45) is 8.83. The van der Waals surface area contributed by atoms with Crippen LogP contribution in [0.25, 0.3) is 0 Å².